The maximum absolute atomic E-state index is 14.1. The molecule has 4 heteroatoms. The van der Waals surface area contributed by atoms with Gasteiger partial charge in [0.1, 0.15) is 5.52 Å². The summed E-state index contributed by atoms with van der Waals surface area (Å²) in [7, 11) is 0. The Bertz CT molecular complexity index is 781. The highest BCUT2D eigenvalue weighted by Gasteiger charge is 2.10. The molecule has 2 N–H and O–H groups in total. The van der Waals surface area contributed by atoms with Crippen molar-refractivity contribution in [3.05, 3.63) is 66.1 Å². The van der Waals surface area contributed by atoms with Crippen molar-refractivity contribution in [1.29, 1.82) is 0 Å². The predicted octanol–water partition coefficient (Wildman–Crippen LogP) is 4.19. The molecule has 0 fully saturated rings. The molecule has 0 saturated heterocycles. The Morgan fingerprint density at radius 3 is 2.67 bits per heavy atom. The fourth-order valence-corrected chi connectivity index (χ4v) is 2.16. The van der Waals surface area contributed by atoms with Gasteiger partial charge in [-0.05, 0) is 36.8 Å². The highest BCUT2D eigenvalue weighted by atomic mass is 19.1. The molecule has 1 heterocycles. The lowest BCUT2D eigenvalue weighted by Crippen LogP contribution is -2.05. The molecule has 0 spiro atoms. The Morgan fingerprint density at radius 2 is 1.90 bits per heavy atom. The van der Waals surface area contributed by atoms with Gasteiger partial charge in [0.25, 0.3) is 0 Å². The van der Waals surface area contributed by atoms with Crippen LogP contribution in [0.2, 0.25) is 0 Å². The highest BCUT2D eigenvalue weighted by Crippen LogP contribution is 2.30. The molecule has 106 valence electrons. The minimum Gasteiger partial charge on any atom is -0.452 e. The number of aromatic nitrogens is 1. The van der Waals surface area contributed by atoms with E-state index in [2.05, 4.69) is 4.98 Å². The Hall–Kier alpha value is -2.46. The summed E-state index contributed by atoms with van der Waals surface area (Å²) in [6.45, 7) is 1.81. The van der Waals surface area contributed by atoms with Crippen molar-refractivity contribution in [2.45, 2.75) is 13.0 Å². The van der Waals surface area contributed by atoms with Gasteiger partial charge in [0.2, 0.25) is 0 Å². The molecular weight excluding hydrogens is 267 g/mol. The molecule has 0 aliphatic rings. The number of nitrogens with two attached hydrogens (primary N) is 1. The smallest absolute Gasteiger partial charge is 0.166 e. The zero-order valence-corrected chi connectivity index (χ0v) is 11.6. The summed E-state index contributed by atoms with van der Waals surface area (Å²) < 4.78 is 19.8. The van der Waals surface area contributed by atoms with Gasteiger partial charge in [-0.1, -0.05) is 24.3 Å². The minimum atomic E-state index is -0.433. The first-order valence-electron chi connectivity index (χ1n) is 6.72. The normalized spacial score (nSPS) is 12.3. The lowest BCUT2D eigenvalue weighted by atomic mass is 10.1. The quantitative estimate of drug-likeness (QED) is 0.783. The summed E-state index contributed by atoms with van der Waals surface area (Å²) in [6.07, 6.45) is 1.69. The van der Waals surface area contributed by atoms with Crippen molar-refractivity contribution >= 4 is 10.9 Å². The molecule has 0 bridgehead atoms. The van der Waals surface area contributed by atoms with E-state index in [0.717, 1.165) is 10.9 Å². The summed E-state index contributed by atoms with van der Waals surface area (Å²) in [4.78, 5) is 4.29. The molecule has 3 nitrogen and oxygen atoms in total. The largest absolute Gasteiger partial charge is 0.452 e. The molecule has 2 aromatic carbocycles. The van der Waals surface area contributed by atoms with Crippen LogP contribution in [-0.2, 0) is 0 Å². The van der Waals surface area contributed by atoms with Crippen molar-refractivity contribution in [2.75, 3.05) is 0 Å². The third-order valence-corrected chi connectivity index (χ3v) is 3.30. The van der Waals surface area contributed by atoms with E-state index < -0.39 is 5.82 Å². The topological polar surface area (TPSA) is 48.1 Å². The first kappa shape index (κ1) is 13.5. The second-order valence-electron chi connectivity index (χ2n) is 4.91. The van der Waals surface area contributed by atoms with Crippen molar-refractivity contribution in [1.82, 2.24) is 4.98 Å². The average Bonchev–Trinajstić information content (AvgIpc) is 2.49. The second-order valence-corrected chi connectivity index (χ2v) is 4.91. The molecule has 3 aromatic rings. The van der Waals surface area contributed by atoms with Gasteiger partial charge in [-0.15, -0.1) is 0 Å². The summed E-state index contributed by atoms with van der Waals surface area (Å²) in [5.41, 5.74) is 7.18. The Morgan fingerprint density at radius 1 is 1.10 bits per heavy atom. The Labute approximate surface area is 122 Å². The molecule has 21 heavy (non-hydrogen) atoms. The van der Waals surface area contributed by atoms with Crippen LogP contribution in [0, 0.1) is 5.82 Å². The molecule has 3 rings (SSSR count). The zero-order chi connectivity index (χ0) is 14.8. The second kappa shape index (κ2) is 5.50. The number of halogens is 1. The molecule has 0 aliphatic carbocycles. The van der Waals surface area contributed by atoms with Crippen LogP contribution in [0.4, 0.5) is 4.39 Å². The molecular formula is C17H15FN2O. The molecule has 1 atom stereocenters. The van der Waals surface area contributed by atoms with E-state index in [-0.39, 0.29) is 11.8 Å². The van der Waals surface area contributed by atoms with Gasteiger partial charge in [0.15, 0.2) is 17.3 Å². The van der Waals surface area contributed by atoms with Gasteiger partial charge in [0, 0.05) is 17.6 Å². The maximum atomic E-state index is 14.1. The molecule has 1 unspecified atom stereocenters. The van der Waals surface area contributed by atoms with Crippen LogP contribution in [0.1, 0.15) is 18.5 Å². The number of ether oxygens (including phenoxy) is 1. The van der Waals surface area contributed by atoms with Crippen LogP contribution in [0.5, 0.6) is 11.5 Å². The number of nitrogens with zero attached hydrogens (tertiary/aromatic N) is 1. The number of hydrogen-bond acceptors (Lipinski definition) is 3. The van der Waals surface area contributed by atoms with Crippen molar-refractivity contribution < 1.29 is 9.13 Å². The van der Waals surface area contributed by atoms with Crippen LogP contribution in [0.15, 0.2) is 54.7 Å². The number of fused-ring (bicyclic) bond motifs is 1. The molecule has 0 saturated carbocycles. The first-order valence-corrected chi connectivity index (χ1v) is 6.72. The van der Waals surface area contributed by atoms with Gasteiger partial charge in [-0.25, -0.2) is 4.39 Å². The van der Waals surface area contributed by atoms with Crippen LogP contribution in [0.25, 0.3) is 10.9 Å². The predicted molar refractivity (Wildman–Crippen MR) is 80.8 cm³/mol. The standard InChI is InChI=1S/C17H15FN2O/c1-11(19)13-7-8-15(14(18)10-13)21-16-6-2-4-12-5-3-9-20-17(12)16/h2-11H,19H2,1H3. The third-order valence-electron chi connectivity index (χ3n) is 3.30. The summed E-state index contributed by atoms with van der Waals surface area (Å²) in [5, 5.41) is 0.947. The summed E-state index contributed by atoms with van der Waals surface area (Å²) in [6, 6.07) is 13.9. The fourth-order valence-electron chi connectivity index (χ4n) is 2.16. The van der Waals surface area contributed by atoms with Gasteiger partial charge < -0.3 is 10.5 Å². The number of benzene rings is 2. The van der Waals surface area contributed by atoms with E-state index in [0.29, 0.717) is 11.3 Å². The van der Waals surface area contributed by atoms with E-state index in [1.807, 2.05) is 31.2 Å². The van der Waals surface area contributed by atoms with Crippen molar-refractivity contribution in [2.24, 2.45) is 5.73 Å². The number of pyridine rings is 1. The van der Waals surface area contributed by atoms with Crippen LogP contribution >= 0.6 is 0 Å². The first-order chi connectivity index (χ1) is 10.1. The van der Waals surface area contributed by atoms with Crippen LogP contribution in [-0.4, -0.2) is 4.98 Å². The number of hydrogen-bond donors (Lipinski definition) is 1. The summed E-state index contributed by atoms with van der Waals surface area (Å²) in [5.74, 6) is 0.260. The van der Waals surface area contributed by atoms with Gasteiger partial charge >= 0.3 is 0 Å². The van der Waals surface area contributed by atoms with Gasteiger partial charge in [-0.2, -0.15) is 0 Å². The van der Waals surface area contributed by atoms with Crippen molar-refractivity contribution in [3.8, 4) is 11.5 Å². The van der Waals surface area contributed by atoms with E-state index in [1.165, 1.54) is 6.07 Å². The van der Waals surface area contributed by atoms with E-state index >= 15 is 0 Å². The average molecular weight is 282 g/mol. The number of para-hydroxylation sites is 1. The van der Waals surface area contributed by atoms with E-state index in [4.69, 9.17) is 10.5 Å². The minimum absolute atomic E-state index is 0.164. The Balaban J connectivity index is 1.99. The van der Waals surface area contributed by atoms with Gasteiger partial charge in [-0.3, -0.25) is 4.98 Å². The van der Waals surface area contributed by atoms with Crippen LogP contribution in [0.3, 0.4) is 0 Å². The molecule has 1 aromatic heterocycles. The van der Waals surface area contributed by atoms with Crippen molar-refractivity contribution in [3.63, 3.8) is 0 Å². The fraction of sp³-hybridized carbons (Fsp3) is 0.118. The third kappa shape index (κ3) is 2.71. The summed E-state index contributed by atoms with van der Waals surface area (Å²) >= 11 is 0. The maximum Gasteiger partial charge on any atom is 0.166 e. The molecule has 0 amide bonds. The Kier molecular flexibility index (Phi) is 3.54. The zero-order valence-electron chi connectivity index (χ0n) is 11.6. The van der Waals surface area contributed by atoms with E-state index in [9.17, 15) is 4.39 Å². The molecule has 0 aliphatic heterocycles. The monoisotopic (exact) mass is 282 g/mol. The van der Waals surface area contributed by atoms with Crippen LogP contribution < -0.4 is 10.5 Å². The molecule has 0 radical (unpaired) electrons. The highest BCUT2D eigenvalue weighted by molar-refractivity contribution is 5.84. The SMILES string of the molecule is CC(N)c1ccc(Oc2cccc3cccnc23)c(F)c1. The lowest BCUT2D eigenvalue weighted by Gasteiger charge is -2.11. The van der Waals surface area contributed by atoms with Gasteiger partial charge in [0.05, 0.1) is 0 Å². The lowest BCUT2D eigenvalue weighted by molar-refractivity contribution is 0.444. The number of rotatable bonds is 3. The van der Waals surface area contributed by atoms with E-state index in [1.54, 1.807) is 24.4 Å².